The van der Waals surface area contributed by atoms with Crippen LogP contribution in [0.25, 0.3) is 11.1 Å². The fourth-order valence-corrected chi connectivity index (χ4v) is 4.25. The van der Waals surface area contributed by atoms with E-state index in [1.807, 2.05) is 17.0 Å². The van der Waals surface area contributed by atoms with Crippen LogP contribution in [0.3, 0.4) is 0 Å². The molecule has 1 fully saturated rings. The highest BCUT2D eigenvalue weighted by atomic mass is 35.5. The van der Waals surface area contributed by atoms with Crippen molar-refractivity contribution < 1.29 is 9.53 Å². The lowest BCUT2D eigenvalue weighted by atomic mass is 9.83. The van der Waals surface area contributed by atoms with Crippen LogP contribution in [0.2, 0.25) is 5.02 Å². The lowest BCUT2D eigenvalue weighted by Gasteiger charge is -2.35. The van der Waals surface area contributed by atoms with Crippen LogP contribution >= 0.6 is 11.6 Å². The largest absolute Gasteiger partial charge is 0.495 e. The maximum Gasteiger partial charge on any atom is 0.225 e. The van der Waals surface area contributed by atoms with Gasteiger partial charge in [0.05, 0.1) is 17.8 Å². The standard InChI is InChI=1S/C21H21ClN4O2/c1-28-17-7-3-6-13(19(17)22)18-14(10-23)20(24)25-16-8-9-26(11-15(16)18)21(27)12-4-2-5-12/h3,6-7,12H,2,4-5,8-9,11H2,1H3,(H2,24,25). The van der Waals surface area contributed by atoms with Crippen molar-refractivity contribution >= 4 is 23.3 Å². The number of carbonyl (C=O) groups is 1. The van der Waals surface area contributed by atoms with E-state index in [2.05, 4.69) is 11.1 Å². The van der Waals surface area contributed by atoms with E-state index in [9.17, 15) is 10.1 Å². The van der Waals surface area contributed by atoms with E-state index >= 15 is 0 Å². The summed E-state index contributed by atoms with van der Waals surface area (Å²) in [7, 11) is 1.55. The minimum Gasteiger partial charge on any atom is -0.495 e. The smallest absolute Gasteiger partial charge is 0.225 e. The Balaban J connectivity index is 1.86. The van der Waals surface area contributed by atoms with E-state index in [1.165, 1.54) is 0 Å². The lowest BCUT2D eigenvalue weighted by molar-refractivity contribution is -0.139. The molecule has 0 saturated heterocycles. The SMILES string of the molecule is COc1cccc(-c2c(C#N)c(N)nc3c2CN(C(=O)C2CCC2)CC3)c1Cl. The van der Waals surface area contributed by atoms with Crippen LogP contribution in [0.15, 0.2) is 18.2 Å². The van der Waals surface area contributed by atoms with Gasteiger partial charge in [0.25, 0.3) is 0 Å². The summed E-state index contributed by atoms with van der Waals surface area (Å²) in [6.07, 6.45) is 3.64. The van der Waals surface area contributed by atoms with Crippen LogP contribution in [0.5, 0.6) is 5.75 Å². The molecular weight excluding hydrogens is 376 g/mol. The van der Waals surface area contributed by atoms with Gasteiger partial charge in [-0.2, -0.15) is 5.26 Å². The average Bonchev–Trinajstić information content (AvgIpc) is 2.65. The number of nitriles is 1. The number of anilines is 1. The molecule has 2 aromatic rings. The van der Waals surface area contributed by atoms with Gasteiger partial charge in [0.15, 0.2) is 0 Å². The molecule has 0 radical (unpaired) electrons. The number of rotatable bonds is 3. The predicted octanol–water partition coefficient (Wildman–Crippen LogP) is 3.55. The highest BCUT2D eigenvalue weighted by Crippen LogP contribution is 2.42. The Morgan fingerprint density at radius 3 is 2.86 bits per heavy atom. The summed E-state index contributed by atoms with van der Waals surface area (Å²) < 4.78 is 5.34. The Morgan fingerprint density at radius 1 is 1.43 bits per heavy atom. The van der Waals surface area contributed by atoms with Gasteiger partial charge in [0.2, 0.25) is 5.91 Å². The second kappa shape index (κ2) is 7.33. The van der Waals surface area contributed by atoms with E-state index < -0.39 is 0 Å². The zero-order chi connectivity index (χ0) is 19.8. The maximum absolute atomic E-state index is 12.8. The minimum atomic E-state index is 0.127. The van der Waals surface area contributed by atoms with Gasteiger partial charge in [-0.3, -0.25) is 4.79 Å². The summed E-state index contributed by atoms with van der Waals surface area (Å²) in [5, 5.41) is 10.2. The molecule has 7 heteroatoms. The number of nitrogens with two attached hydrogens (primary N) is 1. The number of hydrogen-bond donors (Lipinski definition) is 1. The third kappa shape index (κ3) is 2.96. The summed E-state index contributed by atoms with van der Waals surface area (Å²) in [5.41, 5.74) is 9.37. The van der Waals surface area contributed by atoms with Crippen molar-refractivity contribution in [2.24, 2.45) is 5.92 Å². The van der Waals surface area contributed by atoms with Crippen molar-refractivity contribution in [1.82, 2.24) is 9.88 Å². The summed E-state index contributed by atoms with van der Waals surface area (Å²) in [6.45, 7) is 1.03. The molecule has 1 aliphatic carbocycles. The van der Waals surface area contributed by atoms with Gasteiger partial charge in [-0.05, 0) is 18.9 Å². The molecule has 0 spiro atoms. The molecule has 1 aliphatic heterocycles. The third-order valence-electron chi connectivity index (χ3n) is 5.71. The first-order valence-electron chi connectivity index (χ1n) is 9.38. The highest BCUT2D eigenvalue weighted by molar-refractivity contribution is 6.35. The summed E-state index contributed by atoms with van der Waals surface area (Å²) in [4.78, 5) is 19.1. The number of hydrogen-bond acceptors (Lipinski definition) is 5. The highest BCUT2D eigenvalue weighted by Gasteiger charge is 2.33. The molecule has 1 aromatic carbocycles. The van der Waals surface area contributed by atoms with Crippen LogP contribution in [0.4, 0.5) is 5.82 Å². The molecule has 2 heterocycles. The number of methoxy groups -OCH3 is 1. The van der Waals surface area contributed by atoms with Crippen molar-refractivity contribution in [3.63, 3.8) is 0 Å². The zero-order valence-corrected chi connectivity index (χ0v) is 16.4. The van der Waals surface area contributed by atoms with Crippen LogP contribution in [0.1, 0.15) is 36.1 Å². The van der Waals surface area contributed by atoms with Crippen molar-refractivity contribution in [3.05, 3.63) is 40.0 Å². The fourth-order valence-electron chi connectivity index (χ4n) is 3.95. The molecular formula is C21H21ClN4O2. The molecule has 0 atom stereocenters. The van der Waals surface area contributed by atoms with Crippen LogP contribution in [-0.4, -0.2) is 29.4 Å². The van der Waals surface area contributed by atoms with Crippen LogP contribution in [-0.2, 0) is 17.8 Å². The Hall–Kier alpha value is -2.78. The van der Waals surface area contributed by atoms with Crippen LogP contribution < -0.4 is 10.5 Å². The van der Waals surface area contributed by atoms with Crippen molar-refractivity contribution in [3.8, 4) is 22.9 Å². The third-order valence-corrected chi connectivity index (χ3v) is 6.10. The van der Waals surface area contributed by atoms with Crippen molar-refractivity contribution in [2.75, 3.05) is 19.4 Å². The predicted molar refractivity (Wildman–Crippen MR) is 107 cm³/mol. The summed E-state index contributed by atoms with van der Waals surface area (Å²) in [6, 6.07) is 7.61. The first-order chi connectivity index (χ1) is 13.5. The van der Waals surface area contributed by atoms with Crippen LogP contribution in [0, 0.1) is 17.2 Å². The molecule has 1 saturated carbocycles. The zero-order valence-electron chi connectivity index (χ0n) is 15.7. The van der Waals surface area contributed by atoms with E-state index in [0.29, 0.717) is 41.4 Å². The first-order valence-corrected chi connectivity index (χ1v) is 9.76. The number of pyridine rings is 1. The molecule has 144 valence electrons. The number of aromatic nitrogens is 1. The summed E-state index contributed by atoms with van der Waals surface area (Å²) >= 11 is 6.57. The second-order valence-corrected chi connectivity index (χ2v) is 7.62. The normalized spacial score (nSPS) is 16.1. The van der Waals surface area contributed by atoms with E-state index in [-0.39, 0.29) is 23.2 Å². The van der Waals surface area contributed by atoms with Gasteiger partial charge < -0.3 is 15.4 Å². The maximum atomic E-state index is 12.8. The molecule has 6 nitrogen and oxygen atoms in total. The monoisotopic (exact) mass is 396 g/mol. The van der Waals surface area contributed by atoms with Gasteiger partial charge in [-0.25, -0.2) is 4.98 Å². The van der Waals surface area contributed by atoms with Gasteiger partial charge >= 0.3 is 0 Å². The van der Waals surface area contributed by atoms with E-state index in [4.69, 9.17) is 22.1 Å². The topological polar surface area (TPSA) is 92.2 Å². The van der Waals surface area contributed by atoms with Gasteiger partial charge in [0, 0.05) is 42.1 Å². The Bertz CT molecular complexity index is 995. The number of nitrogens with zero attached hydrogens (tertiary/aromatic N) is 3. The molecule has 0 bridgehead atoms. The Labute approximate surface area is 168 Å². The average molecular weight is 397 g/mol. The quantitative estimate of drug-likeness (QED) is 0.856. The molecule has 1 aromatic heterocycles. The number of fused-ring (bicyclic) bond motifs is 1. The second-order valence-electron chi connectivity index (χ2n) is 7.24. The van der Waals surface area contributed by atoms with Gasteiger partial charge in [0.1, 0.15) is 23.2 Å². The molecule has 1 amide bonds. The van der Waals surface area contributed by atoms with Crippen molar-refractivity contribution in [2.45, 2.75) is 32.2 Å². The first kappa shape index (κ1) is 18.6. The molecule has 2 N–H and O–H groups in total. The summed E-state index contributed by atoms with van der Waals surface area (Å²) in [5.74, 6) is 1.02. The molecule has 2 aliphatic rings. The van der Waals surface area contributed by atoms with Gasteiger partial charge in [-0.1, -0.05) is 30.2 Å². The number of halogens is 1. The number of benzene rings is 1. The minimum absolute atomic E-state index is 0.127. The Kier molecular flexibility index (Phi) is 4.86. The van der Waals surface area contributed by atoms with E-state index in [1.54, 1.807) is 13.2 Å². The number of nitrogen functional groups attached to an aromatic ring is 1. The molecule has 0 unspecified atom stereocenters. The molecule has 28 heavy (non-hydrogen) atoms. The van der Waals surface area contributed by atoms with Crippen molar-refractivity contribution in [1.29, 1.82) is 5.26 Å². The number of amides is 1. The molecule has 4 rings (SSSR count). The lowest BCUT2D eigenvalue weighted by Crippen LogP contribution is -2.42. The fraction of sp³-hybridized carbons (Fsp3) is 0.381. The number of ether oxygens (including phenoxy) is 1. The number of carbonyl (C=O) groups excluding carboxylic acids is 1. The van der Waals surface area contributed by atoms with E-state index in [0.717, 1.165) is 30.5 Å². The van der Waals surface area contributed by atoms with Gasteiger partial charge in [-0.15, -0.1) is 0 Å². The Morgan fingerprint density at radius 2 is 2.21 bits per heavy atom.